The van der Waals surface area contributed by atoms with Gasteiger partial charge in [-0.2, -0.15) is 0 Å². The molecule has 0 aliphatic heterocycles. The number of carbonyl (C=O) groups excluding carboxylic acids is 2. The van der Waals surface area contributed by atoms with E-state index in [1.807, 2.05) is 0 Å². The zero-order valence-electron chi connectivity index (χ0n) is 13.1. The summed E-state index contributed by atoms with van der Waals surface area (Å²) in [6.07, 6.45) is 0.738. The van der Waals surface area contributed by atoms with Crippen LogP contribution in [-0.2, 0) is 11.3 Å². The van der Waals surface area contributed by atoms with Crippen LogP contribution in [0, 0.1) is 0 Å². The van der Waals surface area contributed by atoms with E-state index in [0.717, 1.165) is 0 Å². The van der Waals surface area contributed by atoms with Gasteiger partial charge in [-0.25, -0.2) is 9.78 Å². The Labute approximate surface area is 153 Å². The highest BCUT2D eigenvalue weighted by Crippen LogP contribution is 2.10. The fourth-order valence-corrected chi connectivity index (χ4v) is 2.74. The summed E-state index contributed by atoms with van der Waals surface area (Å²) in [7, 11) is 0. The predicted octanol–water partition coefficient (Wildman–Crippen LogP) is 2.32. The number of hydrogen-bond acceptors (Lipinski definition) is 5. The molecule has 7 nitrogen and oxygen atoms in total. The molecular formula is C16H16ClN3O4S. The highest BCUT2D eigenvalue weighted by Gasteiger charge is 2.10. The number of amides is 2. The van der Waals surface area contributed by atoms with Crippen molar-refractivity contribution < 1.29 is 19.5 Å². The van der Waals surface area contributed by atoms with E-state index in [9.17, 15) is 14.4 Å². The second-order valence-corrected chi connectivity index (χ2v) is 6.45. The largest absolute Gasteiger partial charge is 0.476 e. The standard InChI is InChI=1S/C16H16ClN3O4S/c17-11-5-3-10(4-6-11)15(22)18-7-1-2-13(21)19-8-14-20-12(9-25-14)16(23)24/h3-6,9H,1-2,7-8H2,(H,18,22)(H,19,21)(H,23,24). The first-order valence-electron chi connectivity index (χ1n) is 7.44. The Bertz CT molecular complexity index is 761. The van der Waals surface area contributed by atoms with Crippen molar-refractivity contribution in [3.05, 3.63) is 50.9 Å². The summed E-state index contributed by atoms with van der Waals surface area (Å²) in [6.45, 7) is 0.559. The van der Waals surface area contributed by atoms with E-state index in [-0.39, 0.29) is 30.5 Å². The van der Waals surface area contributed by atoms with Crippen molar-refractivity contribution in [2.75, 3.05) is 6.54 Å². The molecule has 0 atom stereocenters. The Morgan fingerprint density at radius 2 is 1.88 bits per heavy atom. The van der Waals surface area contributed by atoms with Gasteiger partial charge >= 0.3 is 5.97 Å². The second kappa shape index (κ2) is 9.14. The lowest BCUT2D eigenvalue weighted by molar-refractivity contribution is -0.121. The second-order valence-electron chi connectivity index (χ2n) is 5.07. The van der Waals surface area contributed by atoms with Crippen LogP contribution in [0.5, 0.6) is 0 Å². The average Bonchev–Trinajstić information content (AvgIpc) is 3.06. The summed E-state index contributed by atoms with van der Waals surface area (Å²) in [5, 5.41) is 16.7. The third-order valence-electron chi connectivity index (χ3n) is 3.18. The molecule has 2 rings (SSSR count). The number of hydrogen-bond donors (Lipinski definition) is 3. The van der Waals surface area contributed by atoms with Crippen LogP contribution in [0.4, 0.5) is 0 Å². The van der Waals surface area contributed by atoms with Crippen LogP contribution >= 0.6 is 22.9 Å². The number of carboxylic acids is 1. The molecule has 0 saturated carbocycles. The molecule has 0 aliphatic carbocycles. The molecule has 1 heterocycles. The number of carboxylic acid groups (broad SMARTS) is 1. The Morgan fingerprint density at radius 3 is 2.52 bits per heavy atom. The van der Waals surface area contributed by atoms with Crippen molar-refractivity contribution in [2.24, 2.45) is 0 Å². The van der Waals surface area contributed by atoms with E-state index in [4.69, 9.17) is 16.7 Å². The number of rotatable bonds is 8. The minimum atomic E-state index is -1.09. The van der Waals surface area contributed by atoms with Crippen molar-refractivity contribution in [2.45, 2.75) is 19.4 Å². The molecule has 132 valence electrons. The number of carbonyl (C=O) groups is 3. The van der Waals surface area contributed by atoms with Gasteiger partial charge in [-0.05, 0) is 30.7 Å². The van der Waals surface area contributed by atoms with Crippen LogP contribution in [0.2, 0.25) is 5.02 Å². The normalized spacial score (nSPS) is 10.3. The van der Waals surface area contributed by atoms with Crippen molar-refractivity contribution in [3.8, 4) is 0 Å². The number of nitrogens with zero attached hydrogens (tertiary/aromatic N) is 1. The van der Waals surface area contributed by atoms with Gasteiger partial charge in [0.1, 0.15) is 5.01 Å². The van der Waals surface area contributed by atoms with E-state index >= 15 is 0 Å². The van der Waals surface area contributed by atoms with Crippen LogP contribution in [-0.4, -0.2) is 34.4 Å². The lowest BCUT2D eigenvalue weighted by Crippen LogP contribution is -2.27. The average molecular weight is 382 g/mol. The molecule has 9 heteroatoms. The highest BCUT2D eigenvalue weighted by atomic mass is 35.5. The summed E-state index contributed by atoms with van der Waals surface area (Å²) in [5.74, 6) is -1.50. The van der Waals surface area contributed by atoms with Gasteiger partial charge in [0.25, 0.3) is 5.91 Å². The van der Waals surface area contributed by atoms with E-state index < -0.39 is 5.97 Å². The van der Waals surface area contributed by atoms with Gasteiger partial charge in [-0.1, -0.05) is 11.6 Å². The van der Waals surface area contributed by atoms with Gasteiger partial charge in [0.15, 0.2) is 5.69 Å². The number of benzene rings is 1. The zero-order valence-corrected chi connectivity index (χ0v) is 14.7. The lowest BCUT2D eigenvalue weighted by Gasteiger charge is -2.06. The minimum Gasteiger partial charge on any atom is -0.476 e. The van der Waals surface area contributed by atoms with E-state index in [2.05, 4.69) is 15.6 Å². The molecule has 3 N–H and O–H groups in total. The number of halogens is 1. The van der Waals surface area contributed by atoms with Crippen LogP contribution in [0.1, 0.15) is 38.7 Å². The lowest BCUT2D eigenvalue weighted by atomic mass is 10.2. The van der Waals surface area contributed by atoms with Crippen molar-refractivity contribution in [3.63, 3.8) is 0 Å². The minimum absolute atomic E-state index is 0.0286. The Hall–Kier alpha value is -2.45. The topological polar surface area (TPSA) is 108 Å². The molecule has 1 aromatic carbocycles. The number of aromatic nitrogens is 1. The SMILES string of the molecule is O=C(CCCNC(=O)c1ccc(Cl)cc1)NCc1nc(C(=O)O)cs1. The molecule has 0 fully saturated rings. The summed E-state index contributed by atoms with van der Waals surface area (Å²) in [6, 6.07) is 6.53. The molecule has 25 heavy (non-hydrogen) atoms. The summed E-state index contributed by atoms with van der Waals surface area (Å²) in [5.41, 5.74) is 0.478. The van der Waals surface area contributed by atoms with E-state index in [1.165, 1.54) is 16.7 Å². The van der Waals surface area contributed by atoms with Gasteiger partial charge in [-0.3, -0.25) is 9.59 Å². The monoisotopic (exact) mass is 381 g/mol. The fourth-order valence-electron chi connectivity index (χ4n) is 1.91. The molecular weight excluding hydrogens is 366 g/mol. The quantitative estimate of drug-likeness (QED) is 0.608. The first kappa shape index (κ1) is 18.9. The van der Waals surface area contributed by atoms with Gasteiger partial charge in [0, 0.05) is 28.9 Å². The van der Waals surface area contributed by atoms with Crippen molar-refractivity contribution in [1.29, 1.82) is 0 Å². The summed E-state index contributed by atoms with van der Waals surface area (Å²) < 4.78 is 0. The van der Waals surface area contributed by atoms with Gasteiger partial charge in [0.2, 0.25) is 5.91 Å². The van der Waals surface area contributed by atoms with Crippen LogP contribution in [0.25, 0.3) is 0 Å². The molecule has 2 amide bonds. The molecule has 2 aromatic rings. The first-order chi connectivity index (χ1) is 12.0. The van der Waals surface area contributed by atoms with Crippen LogP contribution in [0.15, 0.2) is 29.6 Å². The fraction of sp³-hybridized carbons (Fsp3) is 0.250. The Kier molecular flexibility index (Phi) is 6.91. The molecule has 1 aromatic heterocycles. The Morgan fingerprint density at radius 1 is 1.16 bits per heavy atom. The van der Waals surface area contributed by atoms with E-state index in [1.54, 1.807) is 24.3 Å². The first-order valence-corrected chi connectivity index (χ1v) is 8.69. The molecule has 0 radical (unpaired) electrons. The van der Waals surface area contributed by atoms with Gasteiger partial charge < -0.3 is 15.7 Å². The molecule has 0 aliphatic rings. The van der Waals surface area contributed by atoms with E-state index in [0.29, 0.717) is 28.6 Å². The zero-order chi connectivity index (χ0) is 18.2. The predicted molar refractivity (Wildman–Crippen MR) is 93.9 cm³/mol. The maximum Gasteiger partial charge on any atom is 0.355 e. The van der Waals surface area contributed by atoms with Crippen molar-refractivity contribution >= 4 is 40.7 Å². The highest BCUT2D eigenvalue weighted by molar-refractivity contribution is 7.09. The van der Waals surface area contributed by atoms with Crippen LogP contribution < -0.4 is 10.6 Å². The maximum atomic E-state index is 11.9. The summed E-state index contributed by atoms with van der Waals surface area (Å²) >= 11 is 6.94. The number of aromatic carboxylic acids is 1. The maximum absolute atomic E-state index is 11.9. The van der Waals surface area contributed by atoms with Crippen molar-refractivity contribution in [1.82, 2.24) is 15.6 Å². The summed E-state index contributed by atoms with van der Waals surface area (Å²) in [4.78, 5) is 38.2. The number of nitrogens with one attached hydrogen (secondary N) is 2. The van der Waals surface area contributed by atoms with Gasteiger partial charge in [-0.15, -0.1) is 11.3 Å². The molecule has 0 saturated heterocycles. The number of thiazole rings is 1. The molecule has 0 spiro atoms. The third-order valence-corrected chi connectivity index (χ3v) is 4.28. The van der Waals surface area contributed by atoms with Crippen LogP contribution in [0.3, 0.4) is 0 Å². The van der Waals surface area contributed by atoms with Gasteiger partial charge in [0.05, 0.1) is 6.54 Å². The smallest absolute Gasteiger partial charge is 0.355 e. The third kappa shape index (κ3) is 6.17. The Balaban J connectivity index is 1.64. The molecule has 0 bridgehead atoms. The molecule has 0 unspecified atom stereocenters.